The summed E-state index contributed by atoms with van der Waals surface area (Å²) in [6.07, 6.45) is 3.90. The number of rotatable bonds is 4. The molecule has 6 heteroatoms. The van der Waals surface area contributed by atoms with Crippen molar-refractivity contribution in [3.05, 3.63) is 46.8 Å². The minimum Gasteiger partial charge on any atom is -0.464 e. The number of nitrogens with one attached hydrogen (secondary N) is 2. The molecule has 2 N–H and O–H groups in total. The number of H-pyrrole nitrogens is 1. The third-order valence-electron chi connectivity index (χ3n) is 5.22. The van der Waals surface area contributed by atoms with Crippen LogP contribution in [0.4, 0.5) is 5.82 Å². The quantitative estimate of drug-likeness (QED) is 0.747. The smallest absolute Gasteiger partial charge is 0.230 e. The van der Waals surface area contributed by atoms with E-state index >= 15 is 0 Å². The van der Waals surface area contributed by atoms with Crippen molar-refractivity contribution >= 4 is 22.7 Å². The lowest BCUT2D eigenvalue weighted by atomic mass is 9.97. The van der Waals surface area contributed by atoms with Crippen LogP contribution in [-0.2, 0) is 16.0 Å². The van der Waals surface area contributed by atoms with Gasteiger partial charge in [0.05, 0.1) is 12.7 Å². The number of aromatic amines is 1. The highest BCUT2D eigenvalue weighted by molar-refractivity contribution is 5.95. The molecule has 136 valence electrons. The molecule has 1 saturated heterocycles. The maximum Gasteiger partial charge on any atom is 0.230 e. The van der Waals surface area contributed by atoms with Gasteiger partial charge in [0, 0.05) is 41.8 Å². The lowest BCUT2D eigenvalue weighted by Gasteiger charge is -2.20. The second kappa shape index (κ2) is 6.96. The van der Waals surface area contributed by atoms with Crippen LogP contribution in [0.1, 0.15) is 41.1 Å². The van der Waals surface area contributed by atoms with Gasteiger partial charge < -0.3 is 14.5 Å². The molecule has 26 heavy (non-hydrogen) atoms. The molecule has 3 aromatic rings. The summed E-state index contributed by atoms with van der Waals surface area (Å²) < 4.78 is 11.1. The first-order chi connectivity index (χ1) is 12.6. The highest BCUT2D eigenvalue weighted by Gasteiger charge is 2.19. The first-order valence-corrected chi connectivity index (χ1v) is 9.01. The number of ether oxygens (including phenoxy) is 1. The molecule has 1 aliphatic heterocycles. The van der Waals surface area contributed by atoms with Gasteiger partial charge in [-0.25, -0.2) is 0 Å². The second-order valence-electron chi connectivity index (χ2n) is 6.97. The van der Waals surface area contributed by atoms with Gasteiger partial charge in [0.25, 0.3) is 0 Å². The Hall–Kier alpha value is -2.60. The molecule has 1 aromatic carbocycles. The van der Waals surface area contributed by atoms with E-state index in [0.717, 1.165) is 53.8 Å². The number of fused-ring (bicyclic) bond motifs is 1. The van der Waals surface area contributed by atoms with Crippen LogP contribution in [-0.4, -0.2) is 29.3 Å². The van der Waals surface area contributed by atoms with Crippen molar-refractivity contribution in [3.8, 4) is 0 Å². The maximum atomic E-state index is 12.4. The van der Waals surface area contributed by atoms with Crippen LogP contribution in [0.5, 0.6) is 0 Å². The molecule has 0 saturated carbocycles. The summed E-state index contributed by atoms with van der Waals surface area (Å²) in [6.45, 7) is 5.64. The van der Waals surface area contributed by atoms with Crippen molar-refractivity contribution in [1.29, 1.82) is 0 Å². The molecule has 0 aliphatic carbocycles. The predicted octanol–water partition coefficient (Wildman–Crippen LogP) is 3.85. The number of aryl methyl sites for hydroxylation is 2. The zero-order valence-corrected chi connectivity index (χ0v) is 15.1. The normalized spacial score (nSPS) is 15.5. The fourth-order valence-corrected chi connectivity index (χ4v) is 3.50. The molecule has 1 aliphatic rings. The number of benzene rings is 1. The highest BCUT2D eigenvalue weighted by atomic mass is 16.5. The molecule has 1 amide bonds. The lowest BCUT2D eigenvalue weighted by Crippen LogP contribution is -2.15. The van der Waals surface area contributed by atoms with Crippen LogP contribution in [0.2, 0.25) is 0 Å². The molecular weight excluding hydrogens is 330 g/mol. The fraction of sp³-hybridized carbons (Fsp3) is 0.400. The van der Waals surface area contributed by atoms with E-state index in [1.165, 1.54) is 5.56 Å². The molecule has 4 rings (SSSR count). The summed E-state index contributed by atoms with van der Waals surface area (Å²) in [5.74, 6) is 0.887. The van der Waals surface area contributed by atoms with Crippen molar-refractivity contribution in [2.24, 2.45) is 0 Å². The van der Waals surface area contributed by atoms with Crippen molar-refractivity contribution in [3.63, 3.8) is 0 Å². The minimum atomic E-state index is -0.101. The molecule has 0 radical (unpaired) electrons. The predicted molar refractivity (Wildman–Crippen MR) is 99.4 cm³/mol. The van der Waals surface area contributed by atoms with E-state index in [4.69, 9.17) is 9.15 Å². The minimum absolute atomic E-state index is 0.101. The van der Waals surface area contributed by atoms with Gasteiger partial charge >= 0.3 is 0 Å². The highest BCUT2D eigenvalue weighted by Crippen LogP contribution is 2.28. The van der Waals surface area contributed by atoms with Gasteiger partial charge in [-0.15, -0.1) is 0 Å². The van der Waals surface area contributed by atoms with Gasteiger partial charge in [0.2, 0.25) is 5.91 Å². The maximum absolute atomic E-state index is 12.4. The summed E-state index contributed by atoms with van der Waals surface area (Å²) >= 11 is 0. The number of hydrogen-bond acceptors (Lipinski definition) is 4. The average Bonchev–Trinajstić information content (AvgIpc) is 3.27. The van der Waals surface area contributed by atoms with Crippen LogP contribution < -0.4 is 5.32 Å². The number of furan rings is 1. The number of carbonyl (C=O) groups excluding carboxylic acids is 1. The summed E-state index contributed by atoms with van der Waals surface area (Å²) in [5.41, 5.74) is 5.10. The third-order valence-corrected chi connectivity index (χ3v) is 5.22. The van der Waals surface area contributed by atoms with Crippen LogP contribution in [0.3, 0.4) is 0 Å². The molecule has 1 fully saturated rings. The summed E-state index contributed by atoms with van der Waals surface area (Å²) in [7, 11) is 0. The molecule has 6 nitrogen and oxygen atoms in total. The Bertz CT molecular complexity index is 935. The van der Waals surface area contributed by atoms with Crippen molar-refractivity contribution in [2.75, 3.05) is 18.5 Å². The molecule has 2 aromatic heterocycles. The van der Waals surface area contributed by atoms with E-state index in [1.54, 1.807) is 6.26 Å². The number of nitrogens with zero attached hydrogens (tertiary/aromatic N) is 1. The van der Waals surface area contributed by atoms with Gasteiger partial charge in [-0.05, 0) is 37.8 Å². The Morgan fingerprint density at radius 2 is 2.12 bits per heavy atom. The monoisotopic (exact) mass is 353 g/mol. The number of aromatic nitrogens is 2. The van der Waals surface area contributed by atoms with Crippen LogP contribution >= 0.6 is 0 Å². The van der Waals surface area contributed by atoms with Gasteiger partial charge in [0.1, 0.15) is 5.58 Å². The Morgan fingerprint density at radius 1 is 1.31 bits per heavy atom. The molecule has 3 heterocycles. The van der Waals surface area contributed by atoms with Gasteiger partial charge in [0.15, 0.2) is 5.82 Å². The van der Waals surface area contributed by atoms with E-state index in [2.05, 4.69) is 28.5 Å². The molecule has 0 bridgehead atoms. The molecule has 0 unspecified atom stereocenters. The van der Waals surface area contributed by atoms with Gasteiger partial charge in [-0.1, -0.05) is 12.1 Å². The van der Waals surface area contributed by atoms with E-state index < -0.39 is 0 Å². The molecule has 0 spiro atoms. The fourth-order valence-electron chi connectivity index (χ4n) is 3.50. The number of amides is 1. The van der Waals surface area contributed by atoms with Crippen molar-refractivity contribution < 1.29 is 13.9 Å². The third kappa shape index (κ3) is 3.24. The van der Waals surface area contributed by atoms with Crippen molar-refractivity contribution in [1.82, 2.24) is 10.2 Å². The van der Waals surface area contributed by atoms with Crippen molar-refractivity contribution in [2.45, 2.75) is 39.0 Å². The number of anilines is 1. The topological polar surface area (TPSA) is 80.1 Å². The molecular formula is C20H23N3O3. The number of hydrogen-bond donors (Lipinski definition) is 2. The SMILES string of the molecule is Cc1ccc2c(CC(=O)Nc3cc(C4CCOCC4)[nH]n3)coc2c1C. The standard InChI is InChI=1S/C20H23N3O3/c1-12-3-4-16-15(11-26-20(16)13(12)2)9-19(24)21-18-10-17(22-23-18)14-5-7-25-8-6-14/h3-4,10-11,14H,5-9H2,1-2H3,(H2,21,22,23,24). The van der Waals surface area contributed by atoms with Crippen LogP contribution in [0, 0.1) is 13.8 Å². The van der Waals surface area contributed by atoms with Gasteiger partial charge in [-0.2, -0.15) is 5.10 Å². The zero-order valence-electron chi connectivity index (χ0n) is 15.1. The van der Waals surface area contributed by atoms with E-state index in [-0.39, 0.29) is 12.3 Å². The summed E-state index contributed by atoms with van der Waals surface area (Å²) in [6, 6.07) is 6.00. The molecule has 0 atom stereocenters. The van der Waals surface area contributed by atoms with Gasteiger partial charge in [-0.3, -0.25) is 9.89 Å². The first-order valence-electron chi connectivity index (χ1n) is 9.01. The largest absolute Gasteiger partial charge is 0.464 e. The number of carbonyl (C=O) groups is 1. The Balaban J connectivity index is 1.44. The lowest BCUT2D eigenvalue weighted by molar-refractivity contribution is -0.115. The van der Waals surface area contributed by atoms with E-state index in [0.29, 0.717) is 11.7 Å². The second-order valence-corrected chi connectivity index (χ2v) is 6.97. The summed E-state index contributed by atoms with van der Waals surface area (Å²) in [5, 5.41) is 11.1. The average molecular weight is 353 g/mol. The van der Waals surface area contributed by atoms with E-state index in [9.17, 15) is 4.79 Å². The van der Waals surface area contributed by atoms with E-state index in [1.807, 2.05) is 19.1 Å². The van der Waals surface area contributed by atoms with Crippen LogP contribution in [0.15, 0.2) is 28.9 Å². The Labute approximate surface area is 151 Å². The summed E-state index contributed by atoms with van der Waals surface area (Å²) in [4.78, 5) is 12.4. The Morgan fingerprint density at radius 3 is 2.92 bits per heavy atom. The zero-order chi connectivity index (χ0) is 18.1. The Kier molecular flexibility index (Phi) is 4.51. The first kappa shape index (κ1) is 16.8. The van der Waals surface area contributed by atoms with Crippen LogP contribution in [0.25, 0.3) is 11.0 Å².